The molecule has 4 nitrogen and oxygen atoms in total. The minimum absolute atomic E-state index is 0.580. The zero-order valence-electron chi connectivity index (χ0n) is 17.7. The van der Waals surface area contributed by atoms with Crippen molar-refractivity contribution in [3.05, 3.63) is 89.8 Å². The third-order valence-electron chi connectivity index (χ3n) is 5.42. The van der Waals surface area contributed by atoms with E-state index in [0.717, 1.165) is 31.8 Å². The molecule has 0 saturated heterocycles. The monoisotopic (exact) mass is 541 g/mol. The van der Waals surface area contributed by atoms with Crippen molar-refractivity contribution in [1.29, 1.82) is 5.41 Å². The van der Waals surface area contributed by atoms with Crippen molar-refractivity contribution in [2.24, 2.45) is 0 Å². The maximum absolute atomic E-state index is 8.91. The molecule has 162 valence electrons. The number of nitrogens with zero attached hydrogens (tertiary/aromatic N) is 3. The summed E-state index contributed by atoms with van der Waals surface area (Å²) < 4.78 is 7.58. The Morgan fingerprint density at radius 1 is 1.16 bits per heavy atom. The van der Waals surface area contributed by atoms with Gasteiger partial charge in [-0.05, 0) is 25.1 Å². The van der Waals surface area contributed by atoms with Gasteiger partial charge in [-0.2, -0.15) is 4.57 Å². The van der Waals surface area contributed by atoms with Gasteiger partial charge in [0, 0.05) is 28.5 Å². The summed E-state index contributed by atoms with van der Waals surface area (Å²) in [5, 5.41) is 13.4. The highest BCUT2D eigenvalue weighted by atomic mass is 79.9. The van der Waals surface area contributed by atoms with Crippen molar-refractivity contribution in [1.82, 2.24) is 4.57 Å². The van der Waals surface area contributed by atoms with Crippen LogP contribution in [0.2, 0.25) is 0 Å². The zero-order valence-corrected chi connectivity index (χ0v) is 21.7. The van der Waals surface area contributed by atoms with E-state index in [1.807, 2.05) is 0 Å². The molecule has 1 N–H and O–H groups in total. The number of anilines is 1. The number of fused-ring (bicyclic) bond motifs is 1. The van der Waals surface area contributed by atoms with E-state index in [9.17, 15) is 0 Å². The molecule has 0 aliphatic carbocycles. The Morgan fingerprint density at radius 3 is 2.75 bits per heavy atom. The Morgan fingerprint density at radius 2 is 1.97 bits per heavy atom. The Balaban J connectivity index is 1.61. The molecule has 0 radical (unpaired) electrons. The average Bonchev–Trinajstić information content (AvgIpc) is 3.45. The lowest BCUT2D eigenvalue weighted by molar-refractivity contribution is -0.685. The number of rotatable bonds is 4. The second kappa shape index (κ2) is 9.02. The van der Waals surface area contributed by atoms with Crippen LogP contribution in [0.5, 0.6) is 0 Å². The summed E-state index contributed by atoms with van der Waals surface area (Å²) in [7, 11) is 2.09. The highest BCUT2D eigenvalue weighted by molar-refractivity contribution is 9.10. The van der Waals surface area contributed by atoms with E-state index in [0.29, 0.717) is 5.49 Å². The van der Waals surface area contributed by atoms with Gasteiger partial charge in [0.2, 0.25) is 0 Å². The van der Waals surface area contributed by atoms with Crippen LogP contribution in [0.15, 0.2) is 69.5 Å². The van der Waals surface area contributed by atoms with Crippen LogP contribution in [0, 0.1) is 5.41 Å². The molecule has 2 aromatic carbocycles. The van der Waals surface area contributed by atoms with E-state index < -0.39 is 0 Å². The van der Waals surface area contributed by atoms with Gasteiger partial charge in [-0.1, -0.05) is 69.4 Å². The Labute approximate surface area is 207 Å². The molecule has 3 heterocycles. The van der Waals surface area contributed by atoms with E-state index in [1.54, 1.807) is 34.4 Å². The second-order valence-corrected chi connectivity index (χ2v) is 11.3. The van der Waals surface area contributed by atoms with Gasteiger partial charge in [0.25, 0.3) is 5.01 Å². The predicted octanol–water partition coefficient (Wildman–Crippen LogP) is 4.35. The standard InChI is InChI=1S/C24H22BrN4S3/c1-3-29-21(14-20-28(11-12-30-20)15-16-7-5-4-6-8-16)32-22(23(29)26)24-27(2)18-10-9-17(25)13-19(18)31-24/h4-14,26H,3,15H2,1-2H3/q+1. The summed E-state index contributed by atoms with van der Waals surface area (Å²) in [5.41, 5.74) is 3.05. The third kappa shape index (κ3) is 4.01. The lowest BCUT2D eigenvalue weighted by atomic mass is 10.2. The molecule has 5 rings (SSSR count). The molecule has 8 heteroatoms. The summed E-state index contributed by atoms with van der Waals surface area (Å²) in [5.74, 6) is 0. The molecule has 0 amide bonds. The van der Waals surface area contributed by atoms with Gasteiger partial charge >= 0.3 is 0 Å². The normalized spacial score (nSPS) is 15.5. The van der Waals surface area contributed by atoms with Gasteiger partial charge in [-0.3, -0.25) is 5.41 Å². The quantitative estimate of drug-likeness (QED) is 0.390. The first-order valence-corrected chi connectivity index (χ1v) is 13.6. The molecule has 1 aliphatic heterocycles. The summed E-state index contributed by atoms with van der Waals surface area (Å²) in [4.78, 5) is 3.43. The van der Waals surface area contributed by atoms with Crippen LogP contribution in [0.25, 0.3) is 11.1 Å². The number of benzene rings is 2. The smallest absolute Gasteiger partial charge is 0.264 e. The van der Waals surface area contributed by atoms with E-state index in [-0.39, 0.29) is 0 Å². The van der Waals surface area contributed by atoms with Gasteiger partial charge < -0.3 is 9.47 Å². The van der Waals surface area contributed by atoms with Crippen molar-refractivity contribution in [2.75, 3.05) is 11.9 Å². The number of nitrogens with one attached hydrogen (secondary N) is 1. The molecule has 4 aromatic rings. The molecule has 0 fully saturated rings. The van der Waals surface area contributed by atoms with Crippen LogP contribution in [-0.4, -0.2) is 11.6 Å². The second-order valence-electron chi connectivity index (χ2n) is 7.44. The number of aromatic nitrogens is 2. The van der Waals surface area contributed by atoms with Crippen molar-refractivity contribution in [2.45, 2.75) is 24.9 Å². The van der Waals surface area contributed by atoms with E-state index in [1.165, 1.54) is 21.2 Å². The highest BCUT2D eigenvalue weighted by Crippen LogP contribution is 2.46. The van der Waals surface area contributed by atoms with E-state index in [4.69, 9.17) is 5.41 Å². The molecule has 0 atom stereocenters. The Hall–Kier alpha value is -2.13. The van der Waals surface area contributed by atoms with Crippen molar-refractivity contribution in [3.63, 3.8) is 0 Å². The van der Waals surface area contributed by atoms with Crippen LogP contribution >= 0.6 is 50.4 Å². The lowest BCUT2D eigenvalue weighted by Crippen LogP contribution is -2.36. The van der Waals surface area contributed by atoms with E-state index in [2.05, 4.69) is 110 Å². The highest BCUT2D eigenvalue weighted by Gasteiger charge is 2.24. The molecule has 0 spiro atoms. The molecule has 0 bridgehead atoms. The largest absolute Gasteiger partial charge is 0.337 e. The van der Waals surface area contributed by atoms with Crippen LogP contribution in [-0.2, 0) is 13.1 Å². The van der Waals surface area contributed by atoms with Crippen LogP contribution in [0.4, 0.5) is 5.69 Å². The number of thiazole rings is 2. The third-order valence-corrected chi connectivity index (χ3v) is 9.25. The topological polar surface area (TPSA) is 35.9 Å². The van der Waals surface area contributed by atoms with Crippen LogP contribution in [0.3, 0.4) is 0 Å². The maximum atomic E-state index is 8.91. The zero-order chi connectivity index (χ0) is 22.2. The summed E-state index contributed by atoms with van der Waals surface area (Å²) in [6.45, 7) is 3.72. The van der Waals surface area contributed by atoms with Crippen molar-refractivity contribution >= 4 is 67.2 Å². The molecule has 0 unspecified atom stereocenters. The summed E-state index contributed by atoms with van der Waals surface area (Å²) >= 11 is 8.76. The first kappa shape index (κ1) is 21.7. The SMILES string of the molecule is CCn1c(=Cc2scc[n+]2Cc2ccccc2)sc(=C2Sc3cc(Br)ccc3N2C)c1=N. The van der Waals surface area contributed by atoms with Gasteiger partial charge in [0.1, 0.15) is 19.7 Å². The Kier molecular flexibility index (Phi) is 6.11. The number of hydrogen-bond acceptors (Lipinski definition) is 5. The van der Waals surface area contributed by atoms with Crippen molar-refractivity contribution < 1.29 is 4.57 Å². The average molecular weight is 543 g/mol. The first-order valence-electron chi connectivity index (χ1n) is 10.3. The first-order chi connectivity index (χ1) is 15.5. The molecule has 0 saturated carbocycles. The van der Waals surface area contributed by atoms with Gasteiger partial charge in [-0.15, -0.1) is 11.3 Å². The molecule has 1 aliphatic rings. The molecular weight excluding hydrogens is 520 g/mol. The summed E-state index contributed by atoms with van der Waals surface area (Å²) in [6.07, 6.45) is 4.37. The molecule has 32 heavy (non-hydrogen) atoms. The molecular formula is C24H22BrN4S3+. The fourth-order valence-corrected chi connectivity index (χ4v) is 7.68. The minimum atomic E-state index is 0.580. The van der Waals surface area contributed by atoms with Crippen LogP contribution < -0.4 is 24.1 Å². The number of halogens is 1. The van der Waals surface area contributed by atoms with Gasteiger partial charge in [-0.25, -0.2) is 0 Å². The fraction of sp³-hybridized carbons (Fsp3) is 0.167. The number of thioether (sulfide) groups is 1. The van der Waals surface area contributed by atoms with Crippen molar-refractivity contribution in [3.8, 4) is 0 Å². The maximum Gasteiger partial charge on any atom is 0.264 e. The number of hydrogen-bond donors (Lipinski definition) is 1. The molecule has 2 aromatic heterocycles. The van der Waals surface area contributed by atoms with Crippen LogP contribution in [0.1, 0.15) is 17.5 Å². The Bertz CT molecular complexity index is 1470. The van der Waals surface area contributed by atoms with Gasteiger partial charge in [0.15, 0.2) is 12.7 Å². The van der Waals surface area contributed by atoms with Gasteiger partial charge in [0.05, 0.1) is 17.1 Å². The van der Waals surface area contributed by atoms with E-state index >= 15 is 0 Å². The summed E-state index contributed by atoms with van der Waals surface area (Å²) in [6, 6.07) is 16.9. The lowest BCUT2D eigenvalue weighted by Gasteiger charge is -2.12. The minimum Gasteiger partial charge on any atom is -0.337 e. The fourth-order valence-electron chi connectivity index (χ4n) is 3.78. The predicted molar refractivity (Wildman–Crippen MR) is 139 cm³/mol.